The van der Waals surface area contributed by atoms with E-state index in [2.05, 4.69) is 137 Å². The Bertz CT molecular complexity index is 5390. The van der Waals surface area contributed by atoms with E-state index >= 15 is 0 Å². The summed E-state index contributed by atoms with van der Waals surface area (Å²) in [6.45, 7) is 46.7. The molecule has 0 aliphatic carbocycles. The van der Waals surface area contributed by atoms with Gasteiger partial charge in [0.1, 0.15) is 82.6 Å². The second kappa shape index (κ2) is 51.5. The fourth-order valence-corrected chi connectivity index (χ4v) is 12.8. The maximum Gasteiger partial charge on any atom is 0.511 e. The molecular formula is C99H125F3N12O19S. The number of rotatable bonds is 33. The summed E-state index contributed by atoms with van der Waals surface area (Å²) < 4.78 is 116. The van der Waals surface area contributed by atoms with Gasteiger partial charge in [0, 0.05) is 66.7 Å². The van der Waals surface area contributed by atoms with Gasteiger partial charge in [-0.15, -0.1) is 0 Å². The van der Waals surface area contributed by atoms with Crippen LogP contribution in [0.3, 0.4) is 0 Å². The summed E-state index contributed by atoms with van der Waals surface area (Å²) in [5, 5.41) is 58.0. The highest BCUT2D eigenvalue weighted by Crippen LogP contribution is 2.38. The summed E-state index contributed by atoms with van der Waals surface area (Å²) in [5.41, 5.74) is 13.2. The van der Waals surface area contributed by atoms with Gasteiger partial charge in [0.25, 0.3) is 0 Å². The van der Waals surface area contributed by atoms with E-state index in [0.717, 1.165) is 39.3 Å². The minimum Gasteiger partial charge on any atom is -0.466 e. The number of hydrogen-bond acceptors (Lipinski definition) is 28. The van der Waals surface area contributed by atoms with Crippen LogP contribution >= 0.6 is 11.8 Å². The maximum atomic E-state index is 12.3. The van der Waals surface area contributed by atoms with Gasteiger partial charge in [0.2, 0.25) is 25.2 Å². The molecule has 35 heteroatoms. The van der Waals surface area contributed by atoms with Gasteiger partial charge in [0.05, 0.1) is 36.5 Å². The van der Waals surface area contributed by atoms with Crippen molar-refractivity contribution in [1.82, 2.24) is 39.1 Å². The van der Waals surface area contributed by atoms with Gasteiger partial charge in [-0.3, -0.25) is 18.7 Å². The number of alkyl halides is 3. The third-order valence-corrected chi connectivity index (χ3v) is 19.9. The lowest BCUT2D eigenvalue weighted by Crippen LogP contribution is -2.24. The number of carbonyl (C=O) groups excluding carboxylic acids is 5. The number of hydrogen-bond donors (Lipinski definition) is 0. The number of methoxy groups -OCH3 is 2. The molecule has 0 aliphatic rings. The van der Waals surface area contributed by atoms with Crippen molar-refractivity contribution in [2.75, 3.05) is 59.3 Å². The molecule has 4 heterocycles. The fourth-order valence-electron chi connectivity index (χ4n) is 12.6. The lowest BCUT2D eigenvalue weighted by Gasteiger charge is -2.21. The van der Waals surface area contributed by atoms with E-state index in [1.807, 2.05) is 152 Å². The summed E-state index contributed by atoms with van der Waals surface area (Å²) in [6.07, 6.45) is -11.6. The van der Waals surface area contributed by atoms with Crippen LogP contribution in [0.2, 0.25) is 0 Å². The number of aromatic nitrogens is 8. The van der Waals surface area contributed by atoms with E-state index in [0.29, 0.717) is 99.6 Å². The lowest BCUT2D eigenvalue weighted by molar-refractivity contribution is -0.171. The van der Waals surface area contributed by atoms with Crippen LogP contribution in [-0.2, 0) is 119 Å². The van der Waals surface area contributed by atoms with Crippen molar-refractivity contribution in [2.45, 2.75) is 245 Å². The van der Waals surface area contributed by atoms with Crippen molar-refractivity contribution in [1.29, 1.82) is 21.0 Å². The molecule has 8 rings (SSSR count). The fraction of sp³-hybridized carbons (Fsp3) is 0.465. The number of esters is 1. The Balaban J connectivity index is 0.000000316. The molecule has 0 amide bonds. The maximum absolute atomic E-state index is 12.3. The molecule has 0 aliphatic heterocycles. The van der Waals surface area contributed by atoms with Crippen LogP contribution in [0.1, 0.15) is 229 Å². The van der Waals surface area contributed by atoms with E-state index in [1.165, 1.54) is 28.1 Å². The molecule has 0 fully saturated rings. The summed E-state index contributed by atoms with van der Waals surface area (Å²) in [7, 11) is 2.68. The Morgan fingerprint density at radius 1 is 0.373 bits per heavy atom. The minimum absolute atomic E-state index is 0.00861. The van der Waals surface area contributed by atoms with E-state index in [4.69, 9.17) is 56.8 Å². The van der Waals surface area contributed by atoms with Crippen LogP contribution in [-0.4, -0.2) is 160 Å². The quantitative estimate of drug-likeness (QED) is 0.00920. The van der Waals surface area contributed by atoms with Crippen LogP contribution in [0.4, 0.5) is 32.3 Å². The molecule has 0 spiro atoms. The first-order chi connectivity index (χ1) is 62.9. The first-order valence-electron chi connectivity index (χ1n) is 43.3. The van der Waals surface area contributed by atoms with E-state index in [9.17, 15) is 58.2 Å². The second-order valence-electron chi connectivity index (χ2n) is 34.2. The zero-order chi connectivity index (χ0) is 100. The smallest absolute Gasteiger partial charge is 0.466 e. The molecule has 0 saturated heterocycles. The predicted octanol–water partition coefficient (Wildman–Crippen LogP) is 21.4. The van der Waals surface area contributed by atoms with Crippen molar-refractivity contribution >= 4 is 87.7 Å². The Labute approximate surface area is 787 Å². The highest BCUT2D eigenvalue weighted by molar-refractivity contribution is 7.98. The molecule has 0 saturated carbocycles. The third-order valence-electron chi connectivity index (χ3n) is 19.3. The molecule has 4 atom stereocenters. The molecule has 4 aromatic carbocycles. The number of nitrogens with zero attached hydrogens (tertiary/aromatic N) is 12. The third kappa shape index (κ3) is 34.6. The molecule has 0 bridgehead atoms. The van der Waals surface area contributed by atoms with Gasteiger partial charge in [-0.2, -0.15) is 66.4 Å². The lowest BCUT2D eigenvalue weighted by atomic mass is 9.86. The van der Waals surface area contributed by atoms with Gasteiger partial charge >= 0.3 is 36.8 Å². The van der Waals surface area contributed by atoms with Crippen LogP contribution in [0.25, 0.3) is 45.3 Å². The van der Waals surface area contributed by atoms with E-state index < -0.39 is 75.1 Å². The van der Waals surface area contributed by atoms with Gasteiger partial charge in [-0.25, -0.2) is 24.0 Å². The molecule has 31 nitrogen and oxygen atoms in total. The Hall–Kier alpha value is -13.5. The van der Waals surface area contributed by atoms with Crippen molar-refractivity contribution in [3.05, 3.63) is 211 Å². The van der Waals surface area contributed by atoms with Gasteiger partial charge in [-0.1, -0.05) is 180 Å². The van der Waals surface area contributed by atoms with Crippen molar-refractivity contribution in [3.8, 4) is 24.3 Å². The predicted molar refractivity (Wildman–Crippen MR) is 501 cm³/mol. The first kappa shape index (κ1) is 111. The Kier molecular flexibility index (Phi) is 42.7. The highest BCUT2D eigenvalue weighted by atomic mass is 32.2. The number of nitriles is 4. The number of ether oxygens (including phenoxy) is 14. The zero-order valence-corrected chi connectivity index (χ0v) is 82.4. The number of aryl methyl sites for hydroxylation is 8. The zero-order valence-electron chi connectivity index (χ0n) is 81.6. The minimum atomic E-state index is -4.69. The van der Waals surface area contributed by atoms with Gasteiger partial charge < -0.3 is 66.3 Å². The molecule has 0 radical (unpaired) electrons. The molecule has 8 aromatic rings. The van der Waals surface area contributed by atoms with Crippen molar-refractivity contribution in [3.63, 3.8) is 0 Å². The number of halogens is 3. The van der Waals surface area contributed by atoms with Crippen LogP contribution in [0.5, 0.6) is 0 Å². The largest absolute Gasteiger partial charge is 0.511 e. The SMILES string of the molecule is CCn1nc(C)cc1/C(OC(C)OC(=O)OCC(=O)OC)=C(\C#N)c1ccc(C(C)(C)C)cc1.CCn1nc(C)cc1/C(OC(C)OC(=O)OCC(F)(F)F)=C(\C#N)c1ccc(C(C)(C)C)cc1.CCn1nc(C)cc1/C(OC(C)OC(=O)OCCOC)=C(\C#N)c1ccc(C(C)(C)C)cc1.CCn1nc(C)cc1/C(OC(C)OC(=O)OCCSC)=C(\C#N)c1ccc(C(C)(C)C)cc1. The monoisotopic (exact) mass is 1870 g/mol. The molecule has 4 aromatic heterocycles. The van der Waals surface area contributed by atoms with Crippen LogP contribution < -0.4 is 0 Å². The number of carbonyl (C=O) groups is 5. The van der Waals surface area contributed by atoms with Crippen molar-refractivity contribution in [2.24, 2.45) is 0 Å². The number of allylic oxidation sites excluding steroid dienone is 4. The van der Waals surface area contributed by atoms with Crippen molar-refractivity contribution < 1.29 is 103 Å². The highest BCUT2D eigenvalue weighted by Gasteiger charge is 2.33. The normalized spacial score (nSPS) is 13.1. The first-order valence-corrected chi connectivity index (χ1v) is 44.7. The summed E-state index contributed by atoms with van der Waals surface area (Å²) in [5.74, 6) is 0.812. The summed E-state index contributed by atoms with van der Waals surface area (Å²) in [6, 6.07) is 46.7. The standard InChI is InChI=1S/C25H31N3O6.C25H33N3O5.C25H33N3O4S.C24H28F3N3O4/c1-8-28-21(13-16(2)27-28)23(33-17(3)34-24(30)32-15-22(29)31-7)20(14-26)18-9-11-19(12-10-18)25(4,5)6;1-8-28-22(15-17(2)27-28)23(32-18(3)33-24(29)31-14-13-30-7)21(16-26)19-9-11-20(12-10-19)25(4,5)6;1-8-28-22(15-17(2)27-28)23(31-18(3)32-24(29)30-13-14-33-7)21(16-26)19-9-11-20(12-10-19)25(4,5)6;1-7-30-20(12-15(2)29-30)21(33-16(3)34-22(31)32-14-24(25,26)27)19(13-28)17-8-10-18(11-9-17)23(4,5)6/h9-13,17H,8,15H2,1-7H3;2*9-12,15,18H,8,13-14H2,1-7H3;8-12,16H,7,14H2,1-6H3/b23-20-;2*23-21-;21-19-. The summed E-state index contributed by atoms with van der Waals surface area (Å²) >= 11 is 1.57. The molecular weight excluding hydrogens is 1750 g/mol. The van der Waals surface area contributed by atoms with E-state index in [1.54, 1.807) is 75.5 Å². The Morgan fingerprint density at radius 2 is 0.612 bits per heavy atom. The van der Waals surface area contributed by atoms with Gasteiger partial charge in [0.15, 0.2) is 36.3 Å². The molecule has 0 N–H and O–H groups in total. The topological polar surface area (TPSA) is 381 Å². The molecule has 134 heavy (non-hydrogen) atoms. The Morgan fingerprint density at radius 3 is 0.821 bits per heavy atom. The molecule has 722 valence electrons. The number of thioether (sulfide) groups is 1. The average Bonchev–Trinajstić information content (AvgIpc) is 1.56. The number of benzene rings is 4. The average molecular weight is 1880 g/mol. The van der Waals surface area contributed by atoms with E-state index in [-0.39, 0.29) is 69.9 Å². The second-order valence-corrected chi connectivity index (χ2v) is 35.2. The van der Waals surface area contributed by atoms with Crippen LogP contribution in [0, 0.1) is 73.0 Å². The summed E-state index contributed by atoms with van der Waals surface area (Å²) in [4.78, 5) is 58.7. The van der Waals surface area contributed by atoms with Gasteiger partial charge in [-0.05, 0) is 152 Å². The molecule has 4 unspecified atom stereocenters. The van der Waals surface area contributed by atoms with Crippen LogP contribution in [0.15, 0.2) is 121 Å².